The molecule has 0 spiro atoms. The molecule has 102 valence electrons. The summed E-state index contributed by atoms with van der Waals surface area (Å²) in [7, 11) is 0. The molecule has 1 saturated heterocycles. The van der Waals surface area contributed by atoms with Crippen molar-refractivity contribution in [3.63, 3.8) is 0 Å². The average molecular weight is 257 g/mol. The van der Waals surface area contributed by atoms with E-state index >= 15 is 0 Å². The van der Waals surface area contributed by atoms with E-state index in [2.05, 4.69) is 11.1 Å². The number of quaternary nitrogens is 1. The highest BCUT2D eigenvalue weighted by atomic mass is 16.4. The molecule has 1 aliphatic heterocycles. The summed E-state index contributed by atoms with van der Waals surface area (Å²) in [5.41, 5.74) is 3.55. The summed E-state index contributed by atoms with van der Waals surface area (Å²) in [5, 5.41) is 13.4. The average Bonchev–Trinajstić information content (AvgIpc) is 2.76. The van der Waals surface area contributed by atoms with E-state index in [1.807, 2.05) is 0 Å². The Morgan fingerprint density at radius 1 is 1.39 bits per heavy atom. The normalized spacial score (nSPS) is 22.4. The van der Waals surface area contributed by atoms with Gasteiger partial charge in [0.15, 0.2) is 6.04 Å². The molecule has 0 radical (unpaired) electrons. The topological polar surface area (TPSA) is 117 Å². The number of nitrogens with one attached hydrogen (secondary N) is 1. The van der Waals surface area contributed by atoms with Crippen molar-refractivity contribution in [2.75, 3.05) is 6.54 Å². The van der Waals surface area contributed by atoms with E-state index in [0.717, 1.165) is 0 Å². The molecule has 3 atom stereocenters. The minimum absolute atomic E-state index is 0.333. The maximum atomic E-state index is 12.0. The number of amides is 2. The number of hydrogen-bond donors (Lipinski definition) is 2. The lowest BCUT2D eigenvalue weighted by Gasteiger charge is -2.28. The number of aliphatic carboxylic acids is 1. The van der Waals surface area contributed by atoms with E-state index in [4.69, 9.17) is 0 Å². The predicted molar refractivity (Wildman–Crippen MR) is 59.7 cm³/mol. The summed E-state index contributed by atoms with van der Waals surface area (Å²) in [6.07, 6.45) is 1.04. The van der Waals surface area contributed by atoms with Crippen LogP contribution in [0, 0.1) is 0 Å². The molecule has 7 heteroatoms. The van der Waals surface area contributed by atoms with Crippen molar-refractivity contribution in [2.24, 2.45) is 0 Å². The summed E-state index contributed by atoms with van der Waals surface area (Å²) in [5.74, 6) is -1.97. The van der Waals surface area contributed by atoms with Crippen LogP contribution in [0.3, 0.4) is 0 Å². The minimum Gasteiger partial charge on any atom is -0.548 e. The number of likely N-dealkylation sites (tertiary alicyclic amines) is 1. The van der Waals surface area contributed by atoms with E-state index in [0.29, 0.717) is 19.4 Å². The highest BCUT2D eigenvalue weighted by Gasteiger charge is 2.33. The third kappa shape index (κ3) is 3.19. The van der Waals surface area contributed by atoms with Gasteiger partial charge in [0, 0.05) is 6.54 Å². The monoisotopic (exact) mass is 257 g/mol. The maximum absolute atomic E-state index is 12.0. The zero-order valence-corrected chi connectivity index (χ0v) is 10.6. The first-order valence-electron chi connectivity index (χ1n) is 5.99. The molecule has 7 nitrogen and oxygen atoms in total. The van der Waals surface area contributed by atoms with Crippen molar-refractivity contribution in [3.8, 4) is 0 Å². The molecule has 0 aromatic heterocycles. The van der Waals surface area contributed by atoms with E-state index < -0.39 is 30.0 Å². The van der Waals surface area contributed by atoms with Crippen LogP contribution in [0.15, 0.2) is 0 Å². The molecule has 0 aromatic carbocycles. The van der Waals surface area contributed by atoms with Crippen LogP contribution < -0.4 is 16.2 Å². The van der Waals surface area contributed by atoms with Gasteiger partial charge in [-0.05, 0) is 26.7 Å². The third-order valence-electron chi connectivity index (χ3n) is 2.98. The first-order chi connectivity index (χ1) is 8.34. The molecule has 18 heavy (non-hydrogen) atoms. The molecule has 1 aliphatic rings. The van der Waals surface area contributed by atoms with E-state index in [1.54, 1.807) is 6.92 Å². The van der Waals surface area contributed by atoms with Crippen molar-refractivity contribution in [1.29, 1.82) is 0 Å². The fourth-order valence-electron chi connectivity index (χ4n) is 1.94. The fourth-order valence-corrected chi connectivity index (χ4v) is 1.94. The standard InChI is InChI=1S/C11H19N3O4/c1-6(12)9(15)13-7(2)10(16)14-5-3-4-8(14)11(17)18/h6-8H,3-5,12H2,1-2H3,(H,13,15)(H,17,18)/t6-,7-,8-/m0/s1. The number of carbonyl (C=O) groups excluding carboxylic acids is 3. The number of carboxylic acids is 1. The van der Waals surface area contributed by atoms with Gasteiger partial charge in [0.05, 0.1) is 12.0 Å². The van der Waals surface area contributed by atoms with Gasteiger partial charge in [-0.15, -0.1) is 0 Å². The van der Waals surface area contributed by atoms with Crippen molar-refractivity contribution >= 4 is 17.8 Å². The summed E-state index contributed by atoms with van der Waals surface area (Å²) in [6.45, 7) is 3.54. The van der Waals surface area contributed by atoms with Crippen LogP contribution in [-0.4, -0.2) is 47.4 Å². The highest BCUT2D eigenvalue weighted by Crippen LogP contribution is 2.17. The molecule has 1 heterocycles. The van der Waals surface area contributed by atoms with Crippen LogP contribution in [0.2, 0.25) is 0 Å². The summed E-state index contributed by atoms with van der Waals surface area (Å²) >= 11 is 0. The van der Waals surface area contributed by atoms with Gasteiger partial charge in [0.2, 0.25) is 5.91 Å². The molecular weight excluding hydrogens is 238 g/mol. The molecule has 2 amide bonds. The summed E-state index contributed by atoms with van der Waals surface area (Å²) < 4.78 is 0. The van der Waals surface area contributed by atoms with Gasteiger partial charge in [-0.1, -0.05) is 0 Å². The molecule has 0 unspecified atom stereocenters. The van der Waals surface area contributed by atoms with Gasteiger partial charge in [-0.2, -0.15) is 0 Å². The van der Waals surface area contributed by atoms with Gasteiger partial charge in [-0.25, -0.2) is 0 Å². The number of hydrogen-bond acceptors (Lipinski definition) is 4. The Morgan fingerprint density at radius 3 is 2.50 bits per heavy atom. The first-order valence-corrected chi connectivity index (χ1v) is 5.99. The van der Waals surface area contributed by atoms with Gasteiger partial charge < -0.3 is 25.9 Å². The molecule has 0 aromatic rings. The van der Waals surface area contributed by atoms with Crippen LogP contribution in [0.25, 0.3) is 0 Å². The van der Waals surface area contributed by atoms with E-state index in [-0.39, 0.29) is 5.91 Å². The van der Waals surface area contributed by atoms with Gasteiger partial charge >= 0.3 is 0 Å². The first kappa shape index (κ1) is 14.4. The van der Waals surface area contributed by atoms with Crippen molar-refractivity contribution < 1.29 is 25.2 Å². The number of carbonyl (C=O) groups is 3. The van der Waals surface area contributed by atoms with Crippen molar-refractivity contribution in [3.05, 3.63) is 0 Å². The number of rotatable bonds is 4. The molecule has 1 fully saturated rings. The van der Waals surface area contributed by atoms with Gasteiger partial charge in [0.25, 0.3) is 5.91 Å². The third-order valence-corrected chi connectivity index (χ3v) is 2.98. The van der Waals surface area contributed by atoms with Crippen LogP contribution >= 0.6 is 0 Å². The SMILES string of the molecule is C[C@H]([NH3+])C(=O)N[C@@H](C)C(=O)N1CCC[C@H]1C(=O)[O-]. The lowest BCUT2D eigenvalue weighted by Crippen LogP contribution is -2.67. The largest absolute Gasteiger partial charge is 0.548 e. The van der Waals surface area contributed by atoms with Crippen LogP contribution in [0.5, 0.6) is 0 Å². The predicted octanol–water partition coefficient (Wildman–Crippen LogP) is -3.14. The van der Waals surface area contributed by atoms with Crippen LogP contribution in [-0.2, 0) is 14.4 Å². The molecule has 0 bridgehead atoms. The van der Waals surface area contributed by atoms with E-state index in [1.165, 1.54) is 11.8 Å². The zero-order valence-electron chi connectivity index (χ0n) is 10.6. The molecule has 0 aliphatic carbocycles. The fraction of sp³-hybridized carbons (Fsp3) is 0.727. The Kier molecular flexibility index (Phi) is 4.66. The second-order valence-corrected chi connectivity index (χ2v) is 4.64. The number of nitrogens with zero attached hydrogens (tertiary/aromatic N) is 1. The summed E-state index contributed by atoms with van der Waals surface area (Å²) in [6, 6.07) is -2.09. The van der Waals surface area contributed by atoms with Crippen LogP contribution in [0.4, 0.5) is 0 Å². The molecule has 0 saturated carbocycles. The van der Waals surface area contributed by atoms with E-state index in [9.17, 15) is 19.5 Å². The lowest BCUT2D eigenvalue weighted by molar-refractivity contribution is -0.398. The van der Waals surface area contributed by atoms with Gasteiger partial charge in [0.1, 0.15) is 6.04 Å². The Hall–Kier alpha value is -1.63. The number of carboxylic acid groups (broad SMARTS) is 1. The summed E-state index contributed by atoms with van der Waals surface area (Å²) in [4.78, 5) is 35.6. The molecular formula is C11H19N3O4. The van der Waals surface area contributed by atoms with Gasteiger partial charge in [-0.3, -0.25) is 9.59 Å². The van der Waals surface area contributed by atoms with Crippen LogP contribution in [0.1, 0.15) is 26.7 Å². The Morgan fingerprint density at radius 2 is 2.00 bits per heavy atom. The smallest absolute Gasteiger partial charge is 0.278 e. The molecule has 4 N–H and O–H groups in total. The Labute approximate surface area is 105 Å². The van der Waals surface area contributed by atoms with Crippen molar-refractivity contribution in [1.82, 2.24) is 10.2 Å². The quantitative estimate of drug-likeness (QED) is 0.553. The second-order valence-electron chi connectivity index (χ2n) is 4.64. The zero-order chi connectivity index (χ0) is 13.9. The Balaban J connectivity index is 2.63. The lowest BCUT2D eigenvalue weighted by atomic mass is 10.2. The second kappa shape index (κ2) is 5.81. The minimum atomic E-state index is -1.25. The van der Waals surface area contributed by atoms with Crippen molar-refractivity contribution in [2.45, 2.75) is 44.8 Å². The highest BCUT2D eigenvalue weighted by molar-refractivity contribution is 5.91. The molecule has 1 rings (SSSR count). The Bertz CT molecular complexity index is 356. The maximum Gasteiger partial charge on any atom is 0.278 e.